The SMILES string of the molecule is NN.O=C(O)C1CNC2=CC=CCN2C1. The molecule has 84 valence electrons. The number of nitrogens with zero attached hydrogens (tertiary/aromatic N) is 1. The van der Waals surface area contributed by atoms with Gasteiger partial charge in [0, 0.05) is 19.6 Å². The van der Waals surface area contributed by atoms with Gasteiger partial charge in [0.2, 0.25) is 0 Å². The fraction of sp³-hybridized carbons (Fsp3) is 0.444. The molecule has 0 bridgehead atoms. The van der Waals surface area contributed by atoms with Crippen molar-refractivity contribution in [1.82, 2.24) is 10.2 Å². The van der Waals surface area contributed by atoms with Gasteiger partial charge in [0.05, 0.1) is 5.92 Å². The number of nitrogens with one attached hydrogen (secondary N) is 1. The van der Waals surface area contributed by atoms with Gasteiger partial charge in [0.25, 0.3) is 0 Å². The van der Waals surface area contributed by atoms with Crippen LogP contribution < -0.4 is 17.0 Å². The predicted molar refractivity (Wildman–Crippen MR) is 56.3 cm³/mol. The molecule has 0 spiro atoms. The summed E-state index contributed by atoms with van der Waals surface area (Å²) in [6.45, 7) is 1.95. The van der Waals surface area contributed by atoms with E-state index in [1.54, 1.807) is 0 Å². The van der Waals surface area contributed by atoms with Crippen LogP contribution in [0.5, 0.6) is 0 Å². The molecule has 2 aliphatic heterocycles. The maximum atomic E-state index is 10.7. The maximum absolute atomic E-state index is 10.7. The van der Waals surface area contributed by atoms with Crippen LogP contribution in [0.25, 0.3) is 0 Å². The monoisotopic (exact) mass is 212 g/mol. The van der Waals surface area contributed by atoms with Gasteiger partial charge in [0.1, 0.15) is 5.82 Å². The minimum atomic E-state index is -0.721. The summed E-state index contributed by atoms with van der Waals surface area (Å²) < 4.78 is 0. The van der Waals surface area contributed by atoms with Crippen LogP contribution in [0.4, 0.5) is 0 Å². The highest BCUT2D eigenvalue weighted by molar-refractivity contribution is 5.70. The largest absolute Gasteiger partial charge is 0.481 e. The highest BCUT2D eigenvalue weighted by Crippen LogP contribution is 2.15. The Bertz CT molecular complexity index is 288. The zero-order valence-electron chi connectivity index (χ0n) is 8.39. The van der Waals surface area contributed by atoms with Crippen LogP contribution in [0.15, 0.2) is 24.0 Å². The van der Waals surface area contributed by atoms with Gasteiger partial charge in [-0.15, -0.1) is 0 Å². The van der Waals surface area contributed by atoms with Crippen LogP contribution in [-0.2, 0) is 4.79 Å². The van der Waals surface area contributed by atoms with Crippen molar-refractivity contribution in [1.29, 1.82) is 0 Å². The lowest BCUT2D eigenvalue weighted by molar-refractivity contribution is -0.142. The van der Waals surface area contributed by atoms with Crippen LogP contribution in [0, 0.1) is 5.92 Å². The Morgan fingerprint density at radius 1 is 1.60 bits per heavy atom. The number of hydrogen-bond acceptors (Lipinski definition) is 5. The molecule has 2 heterocycles. The van der Waals surface area contributed by atoms with E-state index in [0.717, 1.165) is 12.4 Å². The lowest BCUT2D eigenvalue weighted by Gasteiger charge is -2.36. The van der Waals surface area contributed by atoms with Gasteiger partial charge in [0.15, 0.2) is 0 Å². The fourth-order valence-corrected chi connectivity index (χ4v) is 1.62. The first-order chi connectivity index (χ1) is 7.27. The van der Waals surface area contributed by atoms with E-state index in [4.69, 9.17) is 5.11 Å². The summed E-state index contributed by atoms with van der Waals surface area (Å²) >= 11 is 0. The molecule has 1 fully saturated rings. The molecule has 6 N–H and O–H groups in total. The van der Waals surface area contributed by atoms with Crippen molar-refractivity contribution in [3.63, 3.8) is 0 Å². The number of nitrogens with two attached hydrogens (primary N) is 2. The average molecular weight is 212 g/mol. The Morgan fingerprint density at radius 2 is 2.33 bits per heavy atom. The summed E-state index contributed by atoms with van der Waals surface area (Å²) in [6.07, 6.45) is 5.98. The number of carbonyl (C=O) groups is 1. The first kappa shape index (κ1) is 11.5. The Morgan fingerprint density at radius 3 is 3.00 bits per heavy atom. The molecule has 15 heavy (non-hydrogen) atoms. The van der Waals surface area contributed by atoms with Gasteiger partial charge in [-0.3, -0.25) is 16.5 Å². The highest BCUT2D eigenvalue weighted by atomic mass is 16.4. The number of hydrogen-bond donors (Lipinski definition) is 4. The number of allylic oxidation sites excluding steroid dienone is 2. The Labute approximate surface area is 88.2 Å². The molecule has 0 aromatic carbocycles. The van der Waals surface area contributed by atoms with Crippen molar-refractivity contribution >= 4 is 5.97 Å². The van der Waals surface area contributed by atoms with Crippen molar-refractivity contribution in [2.45, 2.75) is 0 Å². The van der Waals surface area contributed by atoms with E-state index in [0.29, 0.717) is 13.1 Å². The second-order valence-electron chi connectivity index (χ2n) is 3.30. The van der Waals surface area contributed by atoms with Gasteiger partial charge in [-0.05, 0) is 6.08 Å². The van der Waals surface area contributed by atoms with Crippen LogP contribution >= 0.6 is 0 Å². The van der Waals surface area contributed by atoms with Crippen LogP contribution in [0.2, 0.25) is 0 Å². The Balaban J connectivity index is 0.000000531. The fourth-order valence-electron chi connectivity index (χ4n) is 1.62. The van der Waals surface area contributed by atoms with E-state index in [9.17, 15) is 4.79 Å². The first-order valence-electron chi connectivity index (χ1n) is 4.69. The minimum Gasteiger partial charge on any atom is -0.481 e. The van der Waals surface area contributed by atoms with E-state index >= 15 is 0 Å². The molecule has 6 nitrogen and oxygen atoms in total. The van der Waals surface area contributed by atoms with E-state index in [1.165, 1.54) is 0 Å². The van der Waals surface area contributed by atoms with E-state index in [2.05, 4.69) is 17.0 Å². The third-order valence-corrected chi connectivity index (χ3v) is 2.38. The second-order valence-corrected chi connectivity index (χ2v) is 3.30. The number of fused-ring (bicyclic) bond motifs is 1. The van der Waals surface area contributed by atoms with E-state index in [-0.39, 0.29) is 5.92 Å². The molecule has 0 amide bonds. The molecular formula is C9H16N4O2. The Hall–Kier alpha value is -1.53. The summed E-state index contributed by atoms with van der Waals surface area (Å²) in [5, 5.41) is 11.9. The quantitative estimate of drug-likeness (QED) is 0.322. The summed E-state index contributed by atoms with van der Waals surface area (Å²) in [4.78, 5) is 12.8. The third-order valence-electron chi connectivity index (χ3n) is 2.38. The molecule has 1 saturated heterocycles. The summed E-state index contributed by atoms with van der Waals surface area (Å²) in [5.74, 6) is 8.03. The number of aliphatic carboxylic acids is 1. The third kappa shape index (κ3) is 2.71. The molecule has 0 saturated carbocycles. The molecule has 6 heteroatoms. The maximum Gasteiger partial charge on any atom is 0.310 e. The molecule has 2 rings (SSSR count). The second kappa shape index (κ2) is 5.38. The molecule has 0 aliphatic carbocycles. The summed E-state index contributed by atoms with van der Waals surface area (Å²) in [6, 6.07) is 0. The molecular weight excluding hydrogens is 196 g/mol. The van der Waals surface area contributed by atoms with Crippen LogP contribution in [-0.4, -0.2) is 35.6 Å². The number of hydrazine groups is 1. The van der Waals surface area contributed by atoms with E-state index in [1.807, 2.05) is 23.1 Å². The van der Waals surface area contributed by atoms with Gasteiger partial charge in [-0.1, -0.05) is 12.2 Å². The molecule has 0 radical (unpaired) electrons. The van der Waals surface area contributed by atoms with Crippen LogP contribution in [0.3, 0.4) is 0 Å². The Kier molecular flexibility index (Phi) is 4.14. The molecule has 1 atom stereocenters. The lowest BCUT2D eigenvalue weighted by atomic mass is 10.1. The van der Waals surface area contributed by atoms with Gasteiger partial charge in [-0.2, -0.15) is 0 Å². The first-order valence-corrected chi connectivity index (χ1v) is 4.69. The van der Waals surface area contributed by atoms with Crippen molar-refractivity contribution in [2.75, 3.05) is 19.6 Å². The average Bonchev–Trinajstić information content (AvgIpc) is 2.31. The standard InChI is InChI=1S/C9H12N2O2.H4N2/c12-9(13)7-5-10-8-3-1-2-4-11(8)6-7;1-2/h1-3,7,10H,4-6H2,(H,12,13);1-2H2. The highest BCUT2D eigenvalue weighted by Gasteiger charge is 2.27. The van der Waals surface area contributed by atoms with Gasteiger partial charge < -0.3 is 15.3 Å². The van der Waals surface area contributed by atoms with E-state index < -0.39 is 5.97 Å². The normalized spacial score (nSPS) is 22.9. The molecule has 0 aromatic heterocycles. The minimum absolute atomic E-state index is 0.288. The van der Waals surface area contributed by atoms with Crippen molar-refractivity contribution in [3.8, 4) is 0 Å². The van der Waals surface area contributed by atoms with Crippen LogP contribution in [0.1, 0.15) is 0 Å². The lowest BCUT2D eigenvalue weighted by Crippen LogP contribution is -2.48. The molecule has 2 aliphatic rings. The van der Waals surface area contributed by atoms with Crippen molar-refractivity contribution in [2.24, 2.45) is 17.6 Å². The van der Waals surface area contributed by atoms with Gasteiger partial charge in [-0.25, -0.2) is 0 Å². The summed E-state index contributed by atoms with van der Waals surface area (Å²) in [5.41, 5.74) is 0. The zero-order valence-corrected chi connectivity index (χ0v) is 8.39. The smallest absolute Gasteiger partial charge is 0.310 e. The zero-order chi connectivity index (χ0) is 11.3. The molecule has 1 unspecified atom stereocenters. The predicted octanol–water partition coefficient (Wildman–Crippen LogP) is -1.18. The topological polar surface area (TPSA) is 105 Å². The summed E-state index contributed by atoms with van der Waals surface area (Å²) in [7, 11) is 0. The van der Waals surface area contributed by atoms with Gasteiger partial charge >= 0.3 is 5.97 Å². The molecule has 0 aromatic rings. The van der Waals surface area contributed by atoms with Crippen molar-refractivity contribution in [3.05, 3.63) is 24.0 Å². The number of carboxylic acid groups (broad SMARTS) is 1. The number of carboxylic acids is 1. The number of rotatable bonds is 1. The van der Waals surface area contributed by atoms with Crippen molar-refractivity contribution < 1.29 is 9.90 Å².